The Labute approximate surface area is 292 Å². The first-order valence-electron chi connectivity index (χ1n) is 17.0. The number of fused-ring (bicyclic) bond motifs is 12. The van der Waals surface area contributed by atoms with Gasteiger partial charge in [0.25, 0.3) is 0 Å². The highest BCUT2D eigenvalue weighted by Gasteiger charge is 2.18. The minimum atomic E-state index is 0.987. The third kappa shape index (κ3) is 3.98. The molecule has 232 valence electrons. The highest BCUT2D eigenvalue weighted by Crippen LogP contribution is 2.42. The molecule has 11 aromatic rings. The summed E-state index contributed by atoms with van der Waals surface area (Å²) in [6.07, 6.45) is 1.97. The van der Waals surface area contributed by atoms with E-state index in [9.17, 15) is 0 Å². The number of aromatic nitrogens is 2. The van der Waals surface area contributed by atoms with E-state index in [0.29, 0.717) is 0 Å². The number of rotatable bonds is 3. The summed E-state index contributed by atoms with van der Waals surface area (Å²) in [7, 11) is 0. The van der Waals surface area contributed by atoms with Crippen LogP contribution in [0.25, 0.3) is 102 Å². The SMILES string of the molecule is c1cc(-c2ccc3sc4c(-n5c6ccccc6c6ccccc65)nccc4c3c2)cc(-c2ccc3c4ccccc4c4ccccc4c3c2)c1. The summed E-state index contributed by atoms with van der Waals surface area (Å²) in [6.45, 7) is 0. The molecule has 0 saturated heterocycles. The number of thiophene rings is 1. The molecule has 0 radical (unpaired) electrons. The third-order valence-electron chi connectivity index (χ3n) is 10.4. The second-order valence-electron chi connectivity index (χ2n) is 13.1. The normalized spacial score (nSPS) is 12.0. The second kappa shape index (κ2) is 10.6. The van der Waals surface area contributed by atoms with Crippen LogP contribution in [0.3, 0.4) is 0 Å². The van der Waals surface area contributed by atoms with Gasteiger partial charge in [-0.15, -0.1) is 11.3 Å². The van der Waals surface area contributed by atoms with Crippen molar-refractivity contribution in [3.63, 3.8) is 0 Å². The Kier molecular flexibility index (Phi) is 5.86. The number of nitrogens with zero attached hydrogens (tertiary/aromatic N) is 2. The van der Waals surface area contributed by atoms with Gasteiger partial charge in [-0.1, -0.05) is 121 Å². The van der Waals surface area contributed by atoms with Crippen LogP contribution in [0.1, 0.15) is 0 Å². The van der Waals surface area contributed by atoms with Crippen molar-refractivity contribution in [2.45, 2.75) is 0 Å². The largest absolute Gasteiger partial charge is 0.293 e. The molecule has 3 heteroatoms. The maximum absolute atomic E-state index is 5.00. The molecule has 2 nitrogen and oxygen atoms in total. The molecule has 0 aliphatic heterocycles. The van der Waals surface area contributed by atoms with Crippen LogP contribution in [0.4, 0.5) is 0 Å². The van der Waals surface area contributed by atoms with E-state index < -0.39 is 0 Å². The van der Waals surface area contributed by atoms with Crippen molar-refractivity contribution in [1.82, 2.24) is 9.55 Å². The Balaban J connectivity index is 1.05. The van der Waals surface area contributed by atoms with Crippen LogP contribution in [0, 0.1) is 0 Å². The first-order chi connectivity index (χ1) is 24.8. The fourth-order valence-corrected chi connectivity index (χ4v) is 9.30. The molecule has 0 fully saturated rings. The molecule has 3 aromatic heterocycles. The van der Waals surface area contributed by atoms with Gasteiger partial charge in [0, 0.05) is 32.4 Å². The van der Waals surface area contributed by atoms with Crippen molar-refractivity contribution in [2.24, 2.45) is 0 Å². The zero-order valence-corrected chi connectivity index (χ0v) is 27.8. The maximum atomic E-state index is 5.00. The molecule has 0 spiro atoms. The predicted octanol–water partition coefficient (Wildman–Crippen LogP) is 13.3. The van der Waals surface area contributed by atoms with Gasteiger partial charge in [-0.2, -0.15) is 0 Å². The molecule has 0 atom stereocenters. The van der Waals surface area contributed by atoms with Gasteiger partial charge < -0.3 is 0 Å². The van der Waals surface area contributed by atoms with Crippen molar-refractivity contribution >= 4 is 85.6 Å². The lowest BCUT2D eigenvalue weighted by molar-refractivity contribution is 1.11. The molecular weight excluding hydrogens is 625 g/mol. The predicted molar refractivity (Wildman–Crippen MR) is 215 cm³/mol. The maximum Gasteiger partial charge on any atom is 0.155 e. The Morgan fingerprint density at radius 3 is 1.50 bits per heavy atom. The Morgan fingerprint density at radius 2 is 0.860 bits per heavy atom. The van der Waals surface area contributed by atoms with Gasteiger partial charge in [-0.05, 0) is 97.0 Å². The molecule has 0 aliphatic carbocycles. The van der Waals surface area contributed by atoms with E-state index in [4.69, 9.17) is 4.98 Å². The van der Waals surface area contributed by atoms with E-state index in [1.807, 2.05) is 17.5 Å². The van der Waals surface area contributed by atoms with Crippen LogP contribution in [0.15, 0.2) is 170 Å². The average Bonchev–Trinajstić information content (AvgIpc) is 3.73. The van der Waals surface area contributed by atoms with Gasteiger partial charge in [0.2, 0.25) is 0 Å². The summed E-state index contributed by atoms with van der Waals surface area (Å²) in [5.41, 5.74) is 7.23. The van der Waals surface area contributed by atoms with Gasteiger partial charge in [0.05, 0.1) is 15.7 Å². The molecule has 0 amide bonds. The summed E-state index contributed by atoms with van der Waals surface area (Å²) < 4.78 is 4.81. The Bertz CT molecular complexity index is 3070. The summed E-state index contributed by atoms with van der Waals surface area (Å²) in [5, 5.41) is 12.8. The molecule has 3 heterocycles. The lowest BCUT2D eigenvalue weighted by Crippen LogP contribution is -1.96. The molecule has 0 unspecified atom stereocenters. The lowest BCUT2D eigenvalue weighted by Gasteiger charge is -2.12. The lowest BCUT2D eigenvalue weighted by atomic mass is 9.91. The summed E-state index contributed by atoms with van der Waals surface area (Å²) >= 11 is 1.83. The zero-order valence-electron chi connectivity index (χ0n) is 27.0. The number of para-hydroxylation sites is 2. The van der Waals surface area contributed by atoms with Gasteiger partial charge >= 0.3 is 0 Å². The van der Waals surface area contributed by atoms with Crippen LogP contribution < -0.4 is 0 Å². The molecule has 0 saturated carbocycles. The van der Waals surface area contributed by atoms with Crippen LogP contribution in [-0.2, 0) is 0 Å². The topological polar surface area (TPSA) is 17.8 Å². The van der Waals surface area contributed by atoms with Gasteiger partial charge in [0.15, 0.2) is 5.82 Å². The van der Waals surface area contributed by atoms with E-state index in [1.165, 1.54) is 96.5 Å². The monoisotopic (exact) mass is 652 g/mol. The van der Waals surface area contributed by atoms with Crippen molar-refractivity contribution in [3.8, 4) is 28.1 Å². The van der Waals surface area contributed by atoms with E-state index in [2.05, 4.69) is 168 Å². The van der Waals surface area contributed by atoms with Crippen molar-refractivity contribution in [1.29, 1.82) is 0 Å². The number of hydrogen-bond acceptors (Lipinski definition) is 2. The number of benzene rings is 8. The van der Waals surface area contributed by atoms with Crippen LogP contribution in [0.5, 0.6) is 0 Å². The van der Waals surface area contributed by atoms with Gasteiger partial charge in [-0.25, -0.2) is 4.98 Å². The number of hydrogen-bond donors (Lipinski definition) is 0. The average molecular weight is 653 g/mol. The van der Waals surface area contributed by atoms with Crippen molar-refractivity contribution in [3.05, 3.63) is 170 Å². The summed E-state index contributed by atoms with van der Waals surface area (Å²) in [6, 6.07) is 59.9. The smallest absolute Gasteiger partial charge is 0.155 e. The van der Waals surface area contributed by atoms with Crippen LogP contribution >= 0.6 is 11.3 Å². The van der Waals surface area contributed by atoms with Crippen LogP contribution in [-0.4, -0.2) is 9.55 Å². The van der Waals surface area contributed by atoms with Gasteiger partial charge in [-0.3, -0.25) is 4.57 Å². The van der Waals surface area contributed by atoms with Crippen molar-refractivity contribution < 1.29 is 0 Å². The Hall–Kier alpha value is -6.29. The highest BCUT2D eigenvalue weighted by atomic mass is 32.1. The molecule has 50 heavy (non-hydrogen) atoms. The first-order valence-corrected chi connectivity index (χ1v) is 17.9. The van der Waals surface area contributed by atoms with Crippen molar-refractivity contribution in [2.75, 3.05) is 0 Å². The minimum absolute atomic E-state index is 0.987. The summed E-state index contributed by atoms with van der Waals surface area (Å²) in [4.78, 5) is 5.00. The van der Waals surface area contributed by atoms with E-state index in [0.717, 1.165) is 5.82 Å². The molecule has 11 rings (SSSR count). The first kappa shape index (κ1) is 27.6. The van der Waals surface area contributed by atoms with Gasteiger partial charge in [0.1, 0.15) is 0 Å². The Morgan fingerprint density at radius 1 is 0.360 bits per heavy atom. The van der Waals surface area contributed by atoms with E-state index in [-0.39, 0.29) is 0 Å². The molecule has 8 aromatic carbocycles. The van der Waals surface area contributed by atoms with E-state index >= 15 is 0 Å². The fourth-order valence-electron chi connectivity index (χ4n) is 8.14. The highest BCUT2D eigenvalue weighted by molar-refractivity contribution is 7.26. The fraction of sp³-hybridized carbons (Fsp3) is 0. The second-order valence-corrected chi connectivity index (χ2v) is 14.2. The quantitative estimate of drug-likeness (QED) is 0.174. The zero-order chi connectivity index (χ0) is 32.8. The molecular formula is C47H28N2S. The number of pyridine rings is 1. The molecule has 0 N–H and O–H groups in total. The molecule has 0 bridgehead atoms. The standard InChI is InChI=1S/C47H28N2S/c1-2-14-35-33(12-1)34-13-3-4-15-36(34)41-27-31(20-22-37(35)41)29-10-9-11-30(26-29)32-21-23-45-42(28-32)40-24-25-48-47(46(40)50-45)49-43-18-7-5-16-38(43)39-17-6-8-19-44(39)49/h1-28H. The molecule has 0 aliphatic rings. The third-order valence-corrected chi connectivity index (χ3v) is 11.6. The van der Waals surface area contributed by atoms with Crippen LogP contribution in [0.2, 0.25) is 0 Å². The minimum Gasteiger partial charge on any atom is -0.293 e. The summed E-state index contributed by atoms with van der Waals surface area (Å²) in [5.74, 6) is 0.987. The van der Waals surface area contributed by atoms with E-state index in [1.54, 1.807) is 0 Å².